The van der Waals surface area contributed by atoms with E-state index in [9.17, 15) is 39.0 Å². The third-order valence-corrected chi connectivity index (χ3v) is 11.3. The van der Waals surface area contributed by atoms with Gasteiger partial charge in [0.05, 0.1) is 46.6 Å². The first-order chi connectivity index (χ1) is 34.6. The van der Waals surface area contributed by atoms with Crippen molar-refractivity contribution in [1.29, 1.82) is 0 Å². The molecule has 6 aromatic rings. The number of carbonyl (C=O) groups is 6. The van der Waals surface area contributed by atoms with E-state index in [0.717, 1.165) is 0 Å². The summed E-state index contributed by atoms with van der Waals surface area (Å²) < 4.78 is 54.4. The third kappa shape index (κ3) is 12.2. The largest absolute Gasteiger partial charge is 0.452 e. The van der Waals surface area contributed by atoms with Crippen molar-refractivity contribution in [1.82, 2.24) is 0 Å². The summed E-state index contributed by atoms with van der Waals surface area (Å²) in [6.07, 6.45) is -17.7. The predicted octanol–water partition coefficient (Wildman–Crippen LogP) is 5.79. The van der Waals surface area contributed by atoms with Gasteiger partial charge in [0.15, 0.2) is 49.2 Å². The van der Waals surface area contributed by atoms with Crippen molar-refractivity contribution in [2.75, 3.05) is 13.2 Å². The molecule has 0 radical (unpaired) electrons. The van der Waals surface area contributed by atoms with E-state index in [1.165, 1.54) is 72.8 Å². The van der Waals surface area contributed by atoms with E-state index in [2.05, 4.69) is 0 Å². The fraction of sp³-hybridized carbons (Fsp3) is 0.222. The van der Waals surface area contributed by atoms with Crippen LogP contribution >= 0.6 is 0 Å². The van der Waals surface area contributed by atoms with Crippen LogP contribution in [-0.2, 0) is 42.6 Å². The average Bonchev–Trinajstić information content (AvgIpc) is 3.42. The number of aliphatic hydroxyl groups is 2. The van der Waals surface area contributed by atoms with Crippen LogP contribution in [-0.4, -0.2) is 121 Å². The lowest BCUT2D eigenvalue weighted by molar-refractivity contribution is -0.323. The van der Waals surface area contributed by atoms with Crippen molar-refractivity contribution in [2.24, 2.45) is 0 Å². The molecule has 17 nitrogen and oxygen atoms in total. The minimum atomic E-state index is -2.08. The molecule has 0 spiro atoms. The smallest absolute Gasteiger partial charge is 0.338 e. The van der Waals surface area contributed by atoms with Gasteiger partial charge in [-0.05, 0) is 72.8 Å². The van der Waals surface area contributed by atoms with Gasteiger partial charge in [-0.2, -0.15) is 0 Å². The summed E-state index contributed by atoms with van der Waals surface area (Å²) in [5.74, 6) is -5.67. The Labute approximate surface area is 406 Å². The number of hydrogen-bond acceptors (Lipinski definition) is 17. The summed E-state index contributed by atoms with van der Waals surface area (Å²) in [5.41, 5.74) is 0.368. The Morgan fingerprint density at radius 1 is 0.352 bits per heavy atom. The Morgan fingerprint density at radius 3 is 0.944 bits per heavy atom. The molecule has 2 N–H and O–H groups in total. The number of esters is 6. The maximum atomic E-state index is 14.0. The molecule has 364 valence electrons. The van der Waals surface area contributed by atoms with Gasteiger partial charge in [0.25, 0.3) is 0 Å². The van der Waals surface area contributed by atoms with Crippen LogP contribution in [0, 0.1) is 0 Å². The number of aliphatic hydroxyl groups excluding tert-OH is 2. The Balaban J connectivity index is 1.17. The number of ether oxygens (including phenoxy) is 9. The Bertz CT molecular complexity index is 2730. The van der Waals surface area contributed by atoms with Gasteiger partial charge >= 0.3 is 35.8 Å². The second kappa shape index (κ2) is 23.5. The van der Waals surface area contributed by atoms with E-state index in [-0.39, 0.29) is 33.4 Å². The van der Waals surface area contributed by atoms with Crippen molar-refractivity contribution < 1.29 is 81.6 Å². The van der Waals surface area contributed by atoms with E-state index in [1.807, 2.05) is 0 Å². The molecule has 2 saturated heterocycles. The molecule has 17 heteroatoms. The van der Waals surface area contributed by atoms with Crippen LogP contribution in [0.1, 0.15) is 62.1 Å². The van der Waals surface area contributed by atoms with Gasteiger partial charge in [-0.3, -0.25) is 0 Å². The highest BCUT2D eigenvalue weighted by Gasteiger charge is 2.56. The summed E-state index contributed by atoms with van der Waals surface area (Å²) in [4.78, 5) is 83.0. The van der Waals surface area contributed by atoms with Crippen LogP contribution < -0.4 is 0 Å². The topological polar surface area (TPSA) is 226 Å². The van der Waals surface area contributed by atoms with Gasteiger partial charge in [0, 0.05) is 0 Å². The molecule has 0 amide bonds. The maximum absolute atomic E-state index is 14.0. The number of rotatable bonds is 16. The molecule has 10 atom stereocenters. The molecule has 71 heavy (non-hydrogen) atoms. The zero-order valence-electron chi connectivity index (χ0n) is 37.5. The molecular weight excluding hydrogens is 921 g/mol. The summed E-state index contributed by atoms with van der Waals surface area (Å²) in [5, 5.41) is 22.6. The van der Waals surface area contributed by atoms with Crippen LogP contribution in [0.2, 0.25) is 0 Å². The van der Waals surface area contributed by atoms with Gasteiger partial charge in [-0.15, -0.1) is 0 Å². The van der Waals surface area contributed by atoms with Crippen molar-refractivity contribution in [3.63, 3.8) is 0 Å². The first-order valence-electron chi connectivity index (χ1n) is 22.4. The highest BCUT2D eigenvalue weighted by molar-refractivity contribution is 5.92. The summed E-state index contributed by atoms with van der Waals surface area (Å²) in [7, 11) is 0. The average molecular weight is 967 g/mol. The van der Waals surface area contributed by atoms with Gasteiger partial charge in [-0.1, -0.05) is 109 Å². The Hall–Kier alpha value is -8.06. The molecule has 0 aromatic heterocycles. The molecular formula is C54H46O17. The normalized spacial score (nSPS) is 23.7. The minimum absolute atomic E-state index is 0.0484. The highest BCUT2D eigenvalue weighted by Crippen LogP contribution is 2.34. The van der Waals surface area contributed by atoms with Crippen LogP contribution in [0.4, 0.5) is 0 Å². The molecule has 2 aliphatic rings. The van der Waals surface area contributed by atoms with Crippen molar-refractivity contribution >= 4 is 35.8 Å². The number of carbonyl (C=O) groups excluding carboxylic acids is 6. The minimum Gasteiger partial charge on any atom is -0.452 e. The quantitative estimate of drug-likeness (QED) is 0.0864. The summed E-state index contributed by atoms with van der Waals surface area (Å²) in [6.45, 7) is -1.63. The van der Waals surface area contributed by atoms with Crippen molar-refractivity contribution in [3.05, 3.63) is 215 Å². The predicted molar refractivity (Wildman–Crippen MR) is 246 cm³/mol. The van der Waals surface area contributed by atoms with E-state index in [0.29, 0.717) is 0 Å². The van der Waals surface area contributed by atoms with Crippen molar-refractivity contribution in [2.45, 2.75) is 61.4 Å². The molecule has 2 aliphatic heterocycles. The van der Waals surface area contributed by atoms with Crippen LogP contribution in [0.15, 0.2) is 182 Å². The van der Waals surface area contributed by atoms with Crippen LogP contribution in [0.3, 0.4) is 0 Å². The van der Waals surface area contributed by atoms with Gasteiger partial charge in [-0.25, -0.2) is 28.8 Å². The zero-order valence-corrected chi connectivity index (χ0v) is 37.5. The molecule has 8 rings (SSSR count). The standard InChI is InChI=1S/C54H46O17/c55-31-39-41(66-47(56)33-19-7-1-8-20-33)44(69-50(59)36-25-13-4-14-26-36)46(71-52(61)38-29-17-6-18-30-38)54(65-39)63-32-40-42(67-48(57)34-21-9-2-10-22-34)43(68-49(58)35-23-11-3-12-24-35)45(53(62)64-40)70-51(60)37-27-15-5-16-28-37/h1-30,39-46,53-55,62H,31-32H2/t39-,40-,41-,42-,43+,44+,45+,46+,53+,54+/m1/s1. The van der Waals surface area contributed by atoms with E-state index in [1.54, 1.807) is 109 Å². The lowest BCUT2D eigenvalue weighted by Crippen LogP contribution is -2.64. The lowest BCUT2D eigenvalue weighted by atomic mass is 9.96. The van der Waals surface area contributed by atoms with Gasteiger partial charge in [0.1, 0.15) is 12.2 Å². The fourth-order valence-corrected chi connectivity index (χ4v) is 7.78. The zero-order chi connectivity index (χ0) is 49.7. The molecule has 6 aromatic carbocycles. The number of benzene rings is 6. The molecule has 0 unspecified atom stereocenters. The highest BCUT2D eigenvalue weighted by atomic mass is 16.7. The molecule has 0 bridgehead atoms. The molecule has 2 fully saturated rings. The summed E-state index contributed by atoms with van der Waals surface area (Å²) >= 11 is 0. The third-order valence-electron chi connectivity index (χ3n) is 11.3. The van der Waals surface area contributed by atoms with Crippen LogP contribution in [0.5, 0.6) is 0 Å². The molecule has 2 heterocycles. The van der Waals surface area contributed by atoms with E-state index < -0.39 is 110 Å². The first-order valence-corrected chi connectivity index (χ1v) is 22.4. The van der Waals surface area contributed by atoms with E-state index in [4.69, 9.17) is 42.6 Å². The maximum Gasteiger partial charge on any atom is 0.338 e. The summed E-state index contributed by atoms with van der Waals surface area (Å²) in [6, 6.07) is 46.5. The monoisotopic (exact) mass is 966 g/mol. The lowest BCUT2D eigenvalue weighted by Gasteiger charge is -2.45. The molecule has 0 aliphatic carbocycles. The van der Waals surface area contributed by atoms with E-state index >= 15 is 0 Å². The fourth-order valence-electron chi connectivity index (χ4n) is 7.78. The number of hydrogen-bond donors (Lipinski definition) is 2. The van der Waals surface area contributed by atoms with Gasteiger partial charge < -0.3 is 52.8 Å². The SMILES string of the molecule is O=C(O[C@@H]1[C@H](OC(=O)c2ccccc2)[C@@H](OC[C@H]2O[C@H](O)[C@@H](OC(=O)c3ccccc3)[C@@H](OC(=O)c3ccccc3)[C@@H]2OC(=O)c2ccccc2)O[C@H](CO)[C@H]1OC(=O)c1ccccc1)c1ccccc1. The van der Waals surface area contributed by atoms with Crippen molar-refractivity contribution in [3.8, 4) is 0 Å². The first kappa shape index (κ1) is 49.4. The second-order valence-electron chi connectivity index (χ2n) is 16.0. The second-order valence-corrected chi connectivity index (χ2v) is 16.0. The Morgan fingerprint density at radius 2 is 0.620 bits per heavy atom. The van der Waals surface area contributed by atoms with Crippen LogP contribution in [0.25, 0.3) is 0 Å². The molecule has 0 saturated carbocycles. The van der Waals surface area contributed by atoms with Gasteiger partial charge in [0.2, 0.25) is 0 Å². The Kier molecular flexibility index (Phi) is 16.3.